The predicted molar refractivity (Wildman–Crippen MR) is 116 cm³/mol. The maximum Gasteiger partial charge on any atom is 0.222 e. The van der Waals surface area contributed by atoms with Crippen molar-refractivity contribution in [2.75, 3.05) is 52.9 Å². The second-order valence-electron chi connectivity index (χ2n) is 8.44. The summed E-state index contributed by atoms with van der Waals surface area (Å²) >= 11 is 0. The number of nitrogens with zero attached hydrogens (tertiary/aromatic N) is 3. The first-order chi connectivity index (χ1) is 14.1. The molecule has 1 atom stereocenters. The van der Waals surface area contributed by atoms with E-state index < -0.39 is 0 Å². The van der Waals surface area contributed by atoms with Crippen LogP contribution in [0.4, 0.5) is 0 Å². The lowest BCUT2D eigenvalue weighted by molar-refractivity contribution is -0.133. The fraction of sp³-hybridized carbons (Fsp3) is 0.625. The molecule has 29 heavy (non-hydrogen) atoms. The SMILES string of the molecule is CN1CCN(C(=O)CCC2CCCN(Cc3ccc(C#CCCO)cc3)C2)CC1. The van der Waals surface area contributed by atoms with Crippen LogP contribution in [0, 0.1) is 17.8 Å². The van der Waals surface area contributed by atoms with Gasteiger partial charge in [-0.2, -0.15) is 0 Å². The highest BCUT2D eigenvalue weighted by Crippen LogP contribution is 2.23. The molecule has 0 spiro atoms. The third-order valence-electron chi connectivity index (χ3n) is 6.06. The van der Waals surface area contributed by atoms with Crippen LogP contribution in [0.2, 0.25) is 0 Å². The van der Waals surface area contributed by atoms with E-state index in [9.17, 15) is 4.79 Å². The van der Waals surface area contributed by atoms with E-state index in [2.05, 4.69) is 53.0 Å². The lowest BCUT2D eigenvalue weighted by Gasteiger charge is -2.34. The van der Waals surface area contributed by atoms with Crippen LogP contribution in [-0.4, -0.2) is 78.6 Å². The van der Waals surface area contributed by atoms with Crippen LogP contribution in [0.3, 0.4) is 0 Å². The standard InChI is InChI=1S/C24H35N3O2/c1-25-14-16-27(17-15-25)24(29)12-11-22-6-4-13-26(19-22)20-23-9-7-21(8-10-23)5-2-3-18-28/h7-10,22,28H,3-4,6,11-20H2,1H3. The van der Waals surface area contributed by atoms with Crippen molar-refractivity contribution in [1.29, 1.82) is 0 Å². The van der Waals surface area contributed by atoms with Crippen molar-refractivity contribution in [2.24, 2.45) is 5.92 Å². The molecule has 5 nitrogen and oxygen atoms in total. The van der Waals surface area contributed by atoms with Gasteiger partial charge in [-0.05, 0) is 56.5 Å². The minimum absolute atomic E-state index is 0.113. The molecule has 0 aliphatic carbocycles. The van der Waals surface area contributed by atoms with Crippen molar-refractivity contribution < 1.29 is 9.90 Å². The summed E-state index contributed by atoms with van der Waals surface area (Å²) in [6.07, 6.45) is 4.70. The largest absolute Gasteiger partial charge is 0.395 e. The average molecular weight is 398 g/mol. The summed E-state index contributed by atoms with van der Waals surface area (Å²) in [7, 11) is 2.12. The van der Waals surface area contributed by atoms with E-state index >= 15 is 0 Å². The Bertz CT molecular complexity index is 699. The summed E-state index contributed by atoms with van der Waals surface area (Å²) < 4.78 is 0. The average Bonchev–Trinajstić information content (AvgIpc) is 2.74. The molecule has 0 radical (unpaired) electrons. The van der Waals surface area contributed by atoms with Gasteiger partial charge < -0.3 is 14.9 Å². The Morgan fingerprint density at radius 1 is 1.14 bits per heavy atom. The van der Waals surface area contributed by atoms with Crippen LogP contribution in [0.25, 0.3) is 0 Å². The van der Waals surface area contributed by atoms with E-state index in [1.807, 2.05) is 4.90 Å². The van der Waals surface area contributed by atoms with E-state index in [-0.39, 0.29) is 6.61 Å². The molecule has 1 N–H and O–H groups in total. The van der Waals surface area contributed by atoms with Gasteiger partial charge in [0.2, 0.25) is 5.91 Å². The van der Waals surface area contributed by atoms with E-state index in [1.165, 1.54) is 18.4 Å². The van der Waals surface area contributed by atoms with Crippen LogP contribution >= 0.6 is 0 Å². The van der Waals surface area contributed by atoms with Crippen LogP contribution in [0.1, 0.15) is 43.2 Å². The Hall–Kier alpha value is -1.87. The highest BCUT2D eigenvalue weighted by molar-refractivity contribution is 5.76. The van der Waals surface area contributed by atoms with Crippen LogP contribution < -0.4 is 0 Å². The molecular formula is C24H35N3O2. The van der Waals surface area contributed by atoms with Gasteiger partial charge in [0, 0.05) is 57.7 Å². The van der Waals surface area contributed by atoms with Gasteiger partial charge in [0.15, 0.2) is 0 Å². The topological polar surface area (TPSA) is 47.0 Å². The Morgan fingerprint density at radius 2 is 1.90 bits per heavy atom. The molecule has 0 bridgehead atoms. The van der Waals surface area contributed by atoms with E-state index in [4.69, 9.17) is 5.11 Å². The summed E-state index contributed by atoms with van der Waals surface area (Å²) in [6, 6.07) is 8.44. The summed E-state index contributed by atoms with van der Waals surface area (Å²) in [6.45, 7) is 7.06. The van der Waals surface area contributed by atoms with Gasteiger partial charge in [-0.3, -0.25) is 9.69 Å². The minimum Gasteiger partial charge on any atom is -0.395 e. The zero-order valence-electron chi connectivity index (χ0n) is 17.8. The first kappa shape index (κ1) is 21.8. The molecule has 1 unspecified atom stereocenters. The first-order valence-corrected chi connectivity index (χ1v) is 11.0. The molecule has 1 aromatic rings. The normalized spacial score (nSPS) is 20.9. The second-order valence-corrected chi connectivity index (χ2v) is 8.44. The van der Waals surface area contributed by atoms with Gasteiger partial charge in [0.25, 0.3) is 0 Å². The summed E-state index contributed by atoms with van der Waals surface area (Å²) in [5.41, 5.74) is 2.31. The van der Waals surface area contributed by atoms with E-state index in [0.29, 0.717) is 24.7 Å². The summed E-state index contributed by atoms with van der Waals surface area (Å²) in [4.78, 5) is 19.4. The number of carbonyl (C=O) groups excluding carboxylic acids is 1. The fourth-order valence-corrected chi connectivity index (χ4v) is 4.24. The Balaban J connectivity index is 1.42. The highest BCUT2D eigenvalue weighted by Gasteiger charge is 2.23. The Labute approximate surface area is 175 Å². The molecule has 1 aromatic carbocycles. The van der Waals surface area contributed by atoms with Gasteiger partial charge in [0.1, 0.15) is 0 Å². The molecule has 1 amide bonds. The lowest BCUT2D eigenvalue weighted by Crippen LogP contribution is -2.47. The van der Waals surface area contributed by atoms with Gasteiger partial charge in [-0.15, -0.1) is 0 Å². The molecule has 2 aliphatic heterocycles. The number of carbonyl (C=O) groups is 1. The van der Waals surface area contributed by atoms with Crippen molar-refractivity contribution in [3.05, 3.63) is 35.4 Å². The van der Waals surface area contributed by atoms with Crippen molar-refractivity contribution in [2.45, 2.75) is 38.6 Å². The third-order valence-corrected chi connectivity index (χ3v) is 6.06. The molecule has 2 fully saturated rings. The number of aliphatic hydroxyl groups is 1. The molecule has 3 rings (SSSR count). The van der Waals surface area contributed by atoms with Gasteiger partial charge >= 0.3 is 0 Å². The smallest absolute Gasteiger partial charge is 0.222 e. The van der Waals surface area contributed by atoms with Crippen molar-refractivity contribution >= 4 is 5.91 Å². The van der Waals surface area contributed by atoms with E-state index in [0.717, 1.165) is 57.8 Å². The molecule has 0 saturated carbocycles. The van der Waals surface area contributed by atoms with Crippen molar-refractivity contribution in [3.63, 3.8) is 0 Å². The number of benzene rings is 1. The first-order valence-electron chi connectivity index (χ1n) is 11.0. The molecule has 2 saturated heterocycles. The number of rotatable bonds is 6. The number of hydrogen-bond donors (Lipinski definition) is 1. The maximum absolute atomic E-state index is 12.5. The number of aliphatic hydroxyl groups excluding tert-OH is 1. The highest BCUT2D eigenvalue weighted by atomic mass is 16.2. The number of likely N-dealkylation sites (N-methyl/N-ethyl adjacent to an activating group) is 1. The summed E-state index contributed by atoms with van der Waals surface area (Å²) in [5.74, 6) is 7.01. The van der Waals surface area contributed by atoms with Crippen molar-refractivity contribution in [1.82, 2.24) is 14.7 Å². The molecular weight excluding hydrogens is 362 g/mol. The Morgan fingerprint density at radius 3 is 2.62 bits per heavy atom. The zero-order valence-corrected chi connectivity index (χ0v) is 17.8. The number of amides is 1. The van der Waals surface area contributed by atoms with Gasteiger partial charge in [0.05, 0.1) is 6.61 Å². The minimum atomic E-state index is 0.113. The van der Waals surface area contributed by atoms with Gasteiger partial charge in [-0.25, -0.2) is 0 Å². The second kappa shape index (κ2) is 11.3. The monoisotopic (exact) mass is 397 g/mol. The lowest BCUT2D eigenvalue weighted by atomic mass is 9.92. The van der Waals surface area contributed by atoms with E-state index in [1.54, 1.807) is 0 Å². The predicted octanol–water partition coefficient (Wildman–Crippen LogP) is 2.19. The quantitative estimate of drug-likeness (QED) is 0.748. The molecule has 158 valence electrons. The number of piperidine rings is 1. The number of hydrogen-bond acceptors (Lipinski definition) is 4. The Kier molecular flexibility index (Phi) is 8.54. The maximum atomic E-state index is 12.5. The number of likely N-dealkylation sites (tertiary alicyclic amines) is 1. The van der Waals surface area contributed by atoms with Crippen LogP contribution in [0.5, 0.6) is 0 Å². The van der Waals surface area contributed by atoms with Crippen LogP contribution in [0.15, 0.2) is 24.3 Å². The molecule has 2 heterocycles. The molecule has 2 aliphatic rings. The fourth-order valence-electron chi connectivity index (χ4n) is 4.24. The van der Waals surface area contributed by atoms with Crippen LogP contribution in [-0.2, 0) is 11.3 Å². The molecule has 0 aromatic heterocycles. The van der Waals surface area contributed by atoms with Crippen molar-refractivity contribution in [3.8, 4) is 11.8 Å². The number of piperazine rings is 1. The molecule has 5 heteroatoms. The zero-order chi connectivity index (χ0) is 20.5. The van der Waals surface area contributed by atoms with Gasteiger partial charge in [-0.1, -0.05) is 24.0 Å². The third kappa shape index (κ3) is 7.15. The summed E-state index contributed by atoms with van der Waals surface area (Å²) in [5, 5.41) is 8.81.